The molecular weight excluding hydrogens is 370 g/mol. The molecule has 3 rings (SSSR count). The number of amides is 1. The number of para-hydroxylation sites is 1. The Morgan fingerprint density at radius 2 is 1.88 bits per heavy atom. The third kappa shape index (κ3) is 3.92. The van der Waals surface area contributed by atoms with Crippen LogP contribution in [0.3, 0.4) is 0 Å². The highest BCUT2D eigenvalue weighted by Crippen LogP contribution is 2.27. The van der Waals surface area contributed by atoms with Gasteiger partial charge in [0.15, 0.2) is 0 Å². The van der Waals surface area contributed by atoms with Crippen molar-refractivity contribution >= 4 is 33.0 Å². The van der Waals surface area contributed by atoms with Crippen LogP contribution >= 0.6 is 11.3 Å². The zero-order chi connectivity index (χ0) is 18.9. The Kier molecular flexibility index (Phi) is 5.36. The summed E-state index contributed by atoms with van der Waals surface area (Å²) in [7, 11) is -3.89. The molecule has 1 aliphatic rings. The van der Waals surface area contributed by atoms with Crippen LogP contribution in [0.15, 0.2) is 34.5 Å². The number of aryl methyl sites for hydroxylation is 2. The maximum atomic E-state index is 12.7. The van der Waals surface area contributed by atoms with E-state index in [4.69, 9.17) is 5.73 Å². The molecule has 3 N–H and O–H groups in total. The molecule has 0 unspecified atom stereocenters. The van der Waals surface area contributed by atoms with Crippen molar-refractivity contribution < 1.29 is 13.2 Å². The first-order valence-electron chi connectivity index (χ1n) is 8.51. The van der Waals surface area contributed by atoms with Gasteiger partial charge in [-0.15, -0.1) is 11.3 Å². The first kappa shape index (κ1) is 18.9. The van der Waals surface area contributed by atoms with Gasteiger partial charge in [-0.05, 0) is 50.5 Å². The van der Waals surface area contributed by atoms with Gasteiger partial charge in [0, 0.05) is 29.7 Å². The number of hydrogen-bond donors (Lipinski definition) is 2. The molecule has 1 saturated heterocycles. The van der Waals surface area contributed by atoms with E-state index < -0.39 is 15.9 Å². The van der Waals surface area contributed by atoms with Crippen molar-refractivity contribution in [2.45, 2.75) is 36.9 Å². The summed E-state index contributed by atoms with van der Waals surface area (Å²) in [6.45, 7) is 5.07. The molecule has 0 atom stereocenters. The average Bonchev–Trinajstić information content (AvgIpc) is 2.94. The van der Waals surface area contributed by atoms with Gasteiger partial charge < -0.3 is 10.6 Å². The van der Waals surface area contributed by atoms with E-state index in [9.17, 15) is 13.2 Å². The van der Waals surface area contributed by atoms with E-state index in [-0.39, 0.29) is 10.3 Å². The van der Waals surface area contributed by atoms with Gasteiger partial charge in [-0.1, -0.05) is 12.1 Å². The van der Waals surface area contributed by atoms with Gasteiger partial charge >= 0.3 is 0 Å². The second kappa shape index (κ2) is 7.38. The number of nitrogens with one attached hydrogen (secondary N) is 1. The molecule has 1 amide bonds. The van der Waals surface area contributed by atoms with Gasteiger partial charge in [-0.3, -0.25) is 4.79 Å². The Hall–Kier alpha value is -1.90. The first-order valence-corrected chi connectivity index (χ1v) is 10.8. The van der Waals surface area contributed by atoms with Crippen molar-refractivity contribution in [2.75, 3.05) is 18.0 Å². The number of carbonyl (C=O) groups is 1. The number of nitrogens with two attached hydrogens (primary N) is 1. The molecule has 0 radical (unpaired) electrons. The minimum absolute atomic E-state index is 0.178. The number of nitrogens with zero attached hydrogens (tertiary/aromatic N) is 1. The zero-order valence-corrected chi connectivity index (χ0v) is 16.5. The lowest BCUT2D eigenvalue weighted by molar-refractivity contribution is 0.0982. The van der Waals surface area contributed by atoms with E-state index in [1.807, 2.05) is 19.1 Å². The van der Waals surface area contributed by atoms with Crippen LogP contribution in [0.4, 0.5) is 5.69 Å². The van der Waals surface area contributed by atoms with Crippen LogP contribution in [0.25, 0.3) is 0 Å². The summed E-state index contributed by atoms with van der Waals surface area (Å²) >= 11 is 1.16. The number of benzene rings is 1. The smallest absolute Gasteiger partial charge is 0.274 e. The summed E-state index contributed by atoms with van der Waals surface area (Å²) in [4.78, 5) is 15.7. The average molecular weight is 394 g/mol. The molecule has 0 spiro atoms. The van der Waals surface area contributed by atoms with Crippen LogP contribution in [0.1, 0.15) is 33.6 Å². The lowest BCUT2D eigenvalue weighted by Crippen LogP contribution is -2.41. The van der Waals surface area contributed by atoms with E-state index in [0.29, 0.717) is 11.1 Å². The fourth-order valence-electron chi connectivity index (χ4n) is 3.19. The summed E-state index contributed by atoms with van der Waals surface area (Å²) in [6, 6.07) is 9.07. The monoisotopic (exact) mass is 393 g/mol. The van der Waals surface area contributed by atoms with Crippen LogP contribution in [-0.2, 0) is 10.0 Å². The zero-order valence-electron chi connectivity index (χ0n) is 14.9. The first-order chi connectivity index (χ1) is 12.3. The van der Waals surface area contributed by atoms with Crippen LogP contribution in [0.5, 0.6) is 0 Å². The van der Waals surface area contributed by atoms with Gasteiger partial charge in [0.1, 0.15) is 4.21 Å². The summed E-state index contributed by atoms with van der Waals surface area (Å²) in [6.07, 6.45) is 1.70. The Labute approximate surface area is 158 Å². The Morgan fingerprint density at radius 3 is 2.50 bits per heavy atom. The molecule has 26 heavy (non-hydrogen) atoms. The highest BCUT2D eigenvalue weighted by Gasteiger charge is 2.26. The number of hydrogen-bond acceptors (Lipinski definition) is 6. The quantitative estimate of drug-likeness (QED) is 0.832. The van der Waals surface area contributed by atoms with E-state index in [0.717, 1.165) is 47.8 Å². The topological polar surface area (TPSA) is 92.5 Å². The molecule has 1 fully saturated rings. The molecule has 0 bridgehead atoms. The SMILES string of the molecule is Cc1cc(C)c(S(=O)(=O)NC(=O)c2ccccc2N2CCC(N)CC2)s1. The molecular formula is C18H23N3O3S2. The predicted molar refractivity (Wildman–Crippen MR) is 104 cm³/mol. The minimum Gasteiger partial charge on any atom is -0.371 e. The van der Waals surface area contributed by atoms with Crippen LogP contribution in [0, 0.1) is 13.8 Å². The number of piperidine rings is 1. The van der Waals surface area contributed by atoms with Crippen molar-refractivity contribution in [1.82, 2.24) is 4.72 Å². The third-order valence-corrected chi connectivity index (χ3v) is 7.62. The fourth-order valence-corrected chi connectivity index (χ4v) is 5.83. The third-order valence-electron chi connectivity index (χ3n) is 4.50. The molecule has 8 heteroatoms. The largest absolute Gasteiger partial charge is 0.371 e. The van der Waals surface area contributed by atoms with Crippen molar-refractivity contribution in [3.05, 3.63) is 46.3 Å². The standard InChI is InChI=1S/C18H23N3O3S2/c1-12-11-13(2)25-18(12)26(23,24)20-17(22)15-5-3-4-6-16(15)21-9-7-14(19)8-10-21/h3-6,11,14H,7-10,19H2,1-2H3,(H,20,22). The molecule has 2 heterocycles. The van der Waals surface area contributed by atoms with Crippen molar-refractivity contribution in [2.24, 2.45) is 5.73 Å². The number of rotatable bonds is 4. The molecule has 0 aliphatic carbocycles. The molecule has 1 aromatic heterocycles. The van der Waals surface area contributed by atoms with E-state index in [2.05, 4.69) is 9.62 Å². The molecule has 1 aliphatic heterocycles. The number of thiophene rings is 1. The summed E-state index contributed by atoms with van der Waals surface area (Å²) in [5, 5.41) is 0. The summed E-state index contributed by atoms with van der Waals surface area (Å²) < 4.78 is 27.7. The van der Waals surface area contributed by atoms with Crippen LogP contribution < -0.4 is 15.4 Å². The van der Waals surface area contributed by atoms with Crippen molar-refractivity contribution in [3.8, 4) is 0 Å². The summed E-state index contributed by atoms with van der Waals surface area (Å²) in [5.74, 6) is -0.610. The summed E-state index contributed by atoms with van der Waals surface area (Å²) in [5.41, 5.74) is 7.70. The highest BCUT2D eigenvalue weighted by atomic mass is 32.2. The Morgan fingerprint density at radius 1 is 1.23 bits per heavy atom. The van der Waals surface area contributed by atoms with Gasteiger partial charge in [-0.25, -0.2) is 13.1 Å². The molecule has 0 saturated carbocycles. The molecule has 140 valence electrons. The minimum atomic E-state index is -3.89. The number of anilines is 1. The van der Waals surface area contributed by atoms with Crippen LogP contribution in [0.2, 0.25) is 0 Å². The van der Waals surface area contributed by atoms with Crippen molar-refractivity contribution in [3.63, 3.8) is 0 Å². The number of sulfonamides is 1. The molecule has 6 nitrogen and oxygen atoms in total. The Bertz CT molecular complexity index is 914. The van der Waals surface area contributed by atoms with Gasteiger partial charge in [0.05, 0.1) is 5.56 Å². The Balaban J connectivity index is 1.86. The van der Waals surface area contributed by atoms with Gasteiger partial charge in [-0.2, -0.15) is 0 Å². The second-order valence-corrected chi connectivity index (χ2v) is 9.74. The molecule has 2 aromatic rings. The van der Waals surface area contributed by atoms with Crippen molar-refractivity contribution in [1.29, 1.82) is 0 Å². The van der Waals surface area contributed by atoms with E-state index in [1.54, 1.807) is 25.1 Å². The lowest BCUT2D eigenvalue weighted by atomic mass is 10.0. The fraction of sp³-hybridized carbons (Fsp3) is 0.389. The molecule has 1 aromatic carbocycles. The maximum Gasteiger partial charge on any atom is 0.274 e. The van der Waals surface area contributed by atoms with E-state index in [1.165, 1.54) is 0 Å². The number of carbonyl (C=O) groups excluding carboxylic acids is 1. The second-order valence-electron chi connectivity index (χ2n) is 6.60. The maximum absolute atomic E-state index is 12.7. The van der Waals surface area contributed by atoms with E-state index >= 15 is 0 Å². The van der Waals surface area contributed by atoms with Crippen LogP contribution in [-0.4, -0.2) is 33.5 Å². The van der Waals surface area contributed by atoms with Gasteiger partial charge in [0.25, 0.3) is 15.9 Å². The normalized spacial score (nSPS) is 15.9. The predicted octanol–water partition coefficient (Wildman–Crippen LogP) is 2.41. The highest BCUT2D eigenvalue weighted by molar-refractivity contribution is 7.92. The lowest BCUT2D eigenvalue weighted by Gasteiger charge is -2.33. The van der Waals surface area contributed by atoms with Gasteiger partial charge in [0.2, 0.25) is 0 Å².